The molecule has 1 aromatic heterocycles. The summed E-state index contributed by atoms with van der Waals surface area (Å²) in [5.74, 6) is -1.09. The summed E-state index contributed by atoms with van der Waals surface area (Å²) >= 11 is 1.58. The van der Waals surface area contributed by atoms with Crippen molar-refractivity contribution >= 4 is 40.4 Å². The Kier molecular flexibility index (Phi) is 4.97. The van der Waals surface area contributed by atoms with Gasteiger partial charge in [0.25, 0.3) is 0 Å². The number of fused-ring (bicyclic) bond motifs is 2. The minimum atomic E-state index is -1.09. The zero-order chi connectivity index (χ0) is 17.4. The first-order valence-corrected chi connectivity index (χ1v) is 8.78. The molecule has 0 atom stereocenters. The molecule has 3 aromatic rings. The van der Waals surface area contributed by atoms with Crippen LogP contribution in [0.5, 0.6) is 0 Å². The molecule has 1 aliphatic heterocycles. The van der Waals surface area contributed by atoms with Crippen molar-refractivity contribution in [3.63, 3.8) is 0 Å². The number of aliphatic carboxylic acids is 1. The number of para-hydroxylation sites is 2. The van der Waals surface area contributed by atoms with E-state index in [0.29, 0.717) is 0 Å². The van der Waals surface area contributed by atoms with E-state index in [1.165, 1.54) is 0 Å². The van der Waals surface area contributed by atoms with Crippen LogP contribution >= 0.6 is 11.8 Å². The second kappa shape index (κ2) is 7.19. The van der Waals surface area contributed by atoms with Gasteiger partial charge < -0.3 is 20.3 Å². The van der Waals surface area contributed by atoms with Crippen molar-refractivity contribution in [1.29, 1.82) is 0 Å². The molecule has 26 heavy (non-hydrogen) atoms. The summed E-state index contributed by atoms with van der Waals surface area (Å²) in [6, 6.07) is 18.1. The van der Waals surface area contributed by atoms with Crippen LogP contribution in [0.3, 0.4) is 0 Å². The summed E-state index contributed by atoms with van der Waals surface area (Å²) in [7, 11) is 2.02. The summed E-state index contributed by atoms with van der Waals surface area (Å²) in [5, 5.41) is 13.3. The number of anilines is 1. The van der Waals surface area contributed by atoms with E-state index in [0.717, 1.165) is 32.1 Å². The molecule has 0 saturated carbocycles. The molecule has 0 aliphatic carbocycles. The van der Waals surface area contributed by atoms with E-state index in [1.807, 2.05) is 49.6 Å². The van der Waals surface area contributed by atoms with Crippen molar-refractivity contribution in [2.24, 2.45) is 7.05 Å². The molecule has 2 aromatic carbocycles. The number of benzene rings is 2. The van der Waals surface area contributed by atoms with Gasteiger partial charge in [0.05, 0.1) is 28.6 Å². The number of aromatic nitrogens is 1. The van der Waals surface area contributed by atoms with Crippen LogP contribution < -0.4 is 14.6 Å². The lowest BCUT2D eigenvalue weighted by atomic mass is 10.1. The Bertz CT molecular complexity index is 1020. The maximum absolute atomic E-state index is 11.2. The van der Waals surface area contributed by atoms with Crippen molar-refractivity contribution < 1.29 is 19.9 Å². The van der Waals surface area contributed by atoms with Crippen LogP contribution in [0.1, 0.15) is 5.56 Å². The van der Waals surface area contributed by atoms with Crippen LogP contribution in [0.2, 0.25) is 0 Å². The van der Waals surface area contributed by atoms with E-state index in [4.69, 9.17) is 0 Å². The molecule has 1 aliphatic rings. The van der Waals surface area contributed by atoms with Crippen LogP contribution in [0.25, 0.3) is 17.0 Å². The van der Waals surface area contributed by atoms with Gasteiger partial charge in [-0.15, -0.1) is 0 Å². The average Bonchev–Trinajstić information content (AvgIpc) is 2.95. The maximum Gasteiger partial charge on any atom is 0.212 e. The number of rotatable bonds is 3. The number of carbonyl (C=O) groups is 1. The molecule has 4 rings (SSSR count). The smallest absolute Gasteiger partial charge is 0.212 e. The number of carboxylic acid groups (broad SMARTS) is 1. The maximum atomic E-state index is 11.2. The summed E-state index contributed by atoms with van der Waals surface area (Å²) in [6.07, 6.45) is 4.07. The topological polar surface area (TPSA) is 78.8 Å². The highest BCUT2D eigenvalue weighted by molar-refractivity contribution is 8.03. The van der Waals surface area contributed by atoms with Gasteiger partial charge in [0.1, 0.15) is 7.05 Å². The number of thioether (sulfide) groups is 1. The summed E-state index contributed by atoms with van der Waals surface area (Å²) < 4.78 is 2.08. The molecule has 0 fully saturated rings. The molecular formula is C20H18N2O3S. The second-order valence-corrected chi connectivity index (χ2v) is 6.97. The number of aryl methyl sites for hydroxylation is 1. The Hall–Kier alpha value is -2.83. The Morgan fingerprint density at radius 3 is 2.69 bits per heavy atom. The van der Waals surface area contributed by atoms with Gasteiger partial charge in [-0.05, 0) is 29.8 Å². The zero-order valence-electron chi connectivity index (χ0n) is 14.2. The molecule has 5 nitrogen and oxygen atoms in total. The number of hydrogen-bond donors (Lipinski definition) is 0. The number of hydrogen-bond acceptors (Lipinski definition) is 4. The molecule has 0 unspecified atom stereocenters. The summed E-state index contributed by atoms with van der Waals surface area (Å²) in [4.78, 5) is 14.1. The molecule has 132 valence electrons. The number of carbonyl (C=O) groups excluding carboxylic acids is 1. The number of nitrogens with zero attached hydrogens (tertiary/aromatic N) is 2. The fraction of sp³-hybridized carbons (Fsp3) is 0.100. The van der Waals surface area contributed by atoms with Crippen molar-refractivity contribution in [3.05, 3.63) is 71.4 Å². The molecule has 0 bridgehead atoms. The van der Waals surface area contributed by atoms with Crippen molar-refractivity contribution in [1.82, 2.24) is 0 Å². The zero-order valence-corrected chi connectivity index (χ0v) is 15.0. The van der Waals surface area contributed by atoms with Crippen LogP contribution in [0.4, 0.5) is 5.69 Å². The van der Waals surface area contributed by atoms with Crippen molar-refractivity contribution in [2.45, 2.75) is 4.90 Å². The van der Waals surface area contributed by atoms with E-state index >= 15 is 0 Å². The van der Waals surface area contributed by atoms with Gasteiger partial charge >= 0.3 is 0 Å². The third kappa shape index (κ3) is 3.16. The largest absolute Gasteiger partial charge is 0.548 e. The number of carboxylic acids is 1. The summed E-state index contributed by atoms with van der Waals surface area (Å²) in [5.41, 5.74) is 3.10. The molecule has 0 radical (unpaired) electrons. The second-order valence-electron chi connectivity index (χ2n) is 5.91. The highest BCUT2D eigenvalue weighted by Crippen LogP contribution is 2.46. The van der Waals surface area contributed by atoms with Crippen LogP contribution in [0, 0.1) is 0 Å². The molecule has 0 spiro atoms. The van der Waals surface area contributed by atoms with Crippen LogP contribution in [-0.2, 0) is 11.8 Å². The number of pyridine rings is 1. The van der Waals surface area contributed by atoms with E-state index in [-0.39, 0.29) is 12.0 Å². The minimum absolute atomic E-state index is 0. The molecular weight excluding hydrogens is 348 g/mol. The van der Waals surface area contributed by atoms with Crippen molar-refractivity contribution in [2.75, 3.05) is 11.4 Å². The first-order chi connectivity index (χ1) is 12.1. The van der Waals surface area contributed by atoms with Gasteiger partial charge in [-0.25, -0.2) is 4.57 Å². The summed E-state index contributed by atoms with van der Waals surface area (Å²) in [6.45, 7) is -0.158. The first-order valence-electron chi connectivity index (χ1n) is 7.97. The van der Waals surface area contributed by atoms with Gasteiger partial charge in [-0.3, -0.25) is 0 Å². The van der Waals surface area contributed by atoms with Gasteiger partial charge in [-0.2, -0.15) is 0 Å². The standard InChI is InChI=1S/C20H16N2O2S.H2O/c1-21-11-10-14(15-6-2-3-7-16(15)21)12-19-22(13-20(23)24)17-8-4-5-9-18(17)25-19;/h2-12H,13H2,1H3;1H2. The highest BCUT2D eigenvalue weighted by atomic mass is 32.2. The SMILES string of the molecule is C[n+]1ccc(C=C2Sc3ccccc3N2CC(=O)[O-])c2ccccc21.O. The normalized spacial score (nSPS) is 14.3. The minimum Gasteiger partial charge on any atom is -0.548 e. The predicted octanol–water partition coefficient (Wildman–Crippen LogP) is 1.50. The van der Waals surface area contributed by atoms with Crippen LogP contribution in [-0.4, -0.2) is 18.0 Å². The lowest BCUT2D eigenvalue weighted by Crippen LogP contribution is -2.36. The van der Waals surface area contributed by atoms with E-state index < -0.39 is 5.97 Å². The fourth-order valence-electron chi connectivity index (χ4n) is 3.10. The Morgan fingerprint density at radius 2 is 1.88 bits per heavy atom. The van der Waals surface area contributed by atoms with E-state index in [9.17, 15) is 9.90 Å². The molecule has 2 N–H and O–H groups in total. The van der Waals surface area contributed by atoms with Gasteiger partial charge in [-0.1, -0.05) is 36.0 Å². The monoisotopic (exact) mass is 366 g/mol. The lowest BCUT2D eigenvalue weighted by Gasteiger charge is -2.21. The predicted molar refractivity (Wildman–Crippen MR) is 101 cm³/mol. The van der Waals surface area contributed by atoms with Gasteiger partial charge in [0, 0.05) is 17.0 Å². The Morgan fingerprint density at radius 1 is 1.15 bits per heavy atom. The van der Waals surface area contributed by atoms with Crippen LogP contribution in [0.15, 0.2) is 70.7 Å². The van der Waals surface area contributed by atoms with Gasteiger partial charge in [0.15, 0.2) is 6.20 Å². The molecule has 6 heteroatoms. The third-order valence-corrected chi connectivity index (χ3v) is 5.39. The van der Waals surface area contributed by atoms with E-state index in [2.05, 4.69) is 28.8 Å². The Labute approximate surface area is 155 Å². The third-order valence-electron chi connectivity index (χ3n) is 4.28. The average molecular weight is 366 g/mol. The Balaban J connectivity index is 0.00000196. The fourth-order valence-corrected chi connectivity index (χ4v) is 4.21. The highest BCUT2D eigenvalue weighted by Gasteiger charge is 2.25. The van der Waals surface area contributed by atoms with Gasteiger partial charge in [0.2, 0.25) is 5.52 Å². The first kappa shape index (κ1) is 18.0. The quantitative estimate of drug-likeness (QED) is 0.658. The van der Waals surface area contributed by atoms with E-state index in [1.54, 1.807) is 16.7 Å². The lowest BCUT2D eigenvalue weighted by molar-refractivity contribution is -0.644. The molecule has 0 saturated heterocycles. The van der Waals surface area contributed by atoms with Crippen molar-refractivity contribution in [3.8, 4) is 0 Å². The molecule has 0 amide bonds. The molecule has 2 heterocycles.